The number of aliphatic hydroxyl groups is 1. The van der Waals surface area contributed by atoms with Crippen LogP contribution in [0.3, 0.4) is 0 Å². The summed E-state index contributed by atoms with van der Waals surface area (Å²) in [5.74, 6) is -2.32. The van der Waals surface area contributed by atoms with E-state index < -0.39 is 23.1 Å². The monoisotopic (exact) mass is 232 g/mol. The fourth-order valence-corrected chi connectivity index (χ4v) is 2.00. The molecule has 0 aromatic heterocycles. The summed E-state index contributed by atoms with van der Waals surface area (Å²) in [6, 6.07) is 5.68. The quantitative estimate of drug-likeness (QED) is 0.559. The van der Waals surface area contributed by atoms with Gasteiger partial charge in [-0.25, -0.2) is 4.39 Å². The van der Waals surface area contributed by atoms with Crippen LogP contribution in [0.1, 0.15) is 12.0 Å². The minimum Gasteiger partial charge on any atom is -0.550 e. The average Bonchev–Trinajstić information content (AvgIpc) is 2.93. The molecule has 2 rings (SSSR count). The van der Waals surface area contributed by atoms with E-state index in [-0.39, 0.29) is 36.2 Å². The minimum atomic E-state index is -1.19. The first-order valence-electron chi connectivity index (χ1n) is 4.68. The normalized spacial score (nSPS) is 27.0. The molecule has 0 unspecified atom stereocenters. The number of carbonyl (C=O) groups excluding carboxylic acids is 1. The Labute approximate surface area is 115 Å². The maximum atomic E-state index is 12.9. The van der Waals surface area contributed by atoms with Crippen molar-refractivity contribution in [3.05, 3.63) is 35.6 Å². The van der Waals surface area contributed by atoms with Gasteiger partial charge in [-0.3, -0.25) is 0 Å². The third-order valence-corrected chi connectivity index (χ3v) is 3.04. The van der Waals surface area contributed by atoms with E-state index in [1.807, 2.05) is 0 Å². The molecule has 1 aliphatic carbocycles. The number of aliphatic hydroxyl groups excluding tert-OH is 1. The molecule has 0 aliphatic heterocycles. The Morgan fingerprint density at radius 3 is 2.75 bits per heavy atom. The molecular weight excluding hydrogens is 222 g/mol. The first-order chi connectivity index (χ1) is 7.10. The van der Waals surface area contributed by atoms with Crippen molar-refractivity contribution in [3.63, 3.8) is 0 Å². The standard InChI is InChI=1S/C11H11FO3.Na/c12-8-3-1-2-7(4-8)11(6-13)5-9(11)10(14)15;/h1-4,9,13H,5-6H2,(H,14,15);/q;+1/p-1/t9-,11+;/m0./s1. The third kappa shape index (κ3) is 2.15. The molecule has 2 atom stereocenters. The second-order valence-electron chi connectivity index (χ2n) is 3.90. The molecule has 1 aromatic carbocycles. The van der Waals surface area contributed by atoms with Crippen LogP contribution in [0.15, 0.2) is 24.3 Å². The van der Waals surface area contributed by atoms with Crippen molar-refractivity contribution in [1.82, 2.24) is 0 Å². The van der Waals surface area contributed by atoms with E-state index in [2.05, 4.69) is 0 Å². The van der Waals surface area contributed by atoms with Crippen LogP contribution in [-0.2, 0) is 10.2 Å². The van der Waals surface area contributed by atoms with Crippen molar-refractivity contribution in [2.24, 2.45) is 5.92 Å². The molecular formula is C11H10FNaO3. The first kappa shape index (κ1) is 13.6. The molecule has 5 heteroatoms. The van der Waals surface area contributed by atoms with Crippen molar-refractivity contribution >= 4 is 5.97 Å². The van der Waals surface area contributed by atoms with E-state index in [0.717, 1.165) is 0 Å². The summed E-state index contributed by atoms with van der Waals surface area (Å²) >= 11 is 0. The molecule has 16 heavy (non-hydrogen) atoms. The number of halogens is 1. The molecule has 0 radical (unpaired) electrons. The van der Waals surface area contributed by atoms with Gasteiger partial charge in [0.2, 0.25) is 0 Å². The van der Waals surface area contributed by atoms with Crippen LogP contribution in [0.5, 0.6) is 0 Å². The van der Waals surface area contributed by atoms with Gasteiger partial charge in [0.15, 0.2) is 0 Å². The fraction of sp³-hybridized carbons (Fsp3) is 0.364. The van der Waals surface area contributed by atoms with Gasteiger partial charge in [-0.1, -0.05) is 12.1 Å². The molecule has 1 aliphatic rings. The Morgan fingerprint density at radius 1 is 1.62 bits per heavy atom. The van der Waals surface area contributed by atoms with E-state index in [0.29, 0.717) is 12.0 Å². The summed E-state index contributed by atoms with van der Waals surface area (Å²) in [7, 11) is 0. The van der Waals surface area contributed by atoms with Crippen molar-refractivity contribution in [1.29, 1.82) is 0 Å². The van der Waals surface area contributed by atoms with Gasteiger partial charge in [-0.05, 0) is 24.1 Å². The molecule has 0 heterocycles. The zero-order chi connectivity index (χ0) is 11.1. The maximum Gasteiger partial charge on any atom is 1.00 e. The summed E-state index contributed by atoms with van der Waals surface area (Å²) in [6.07, 6.45) is 0.315. The summed E-state index contributed by atoms with van der Waals surface area (Å²) in [4.78, 5) is 10.7. The molecule has 0 spiro atoms. The molecule has 1 saturated carbocycles. The number of rotatable bonds is 3. The second kappa shape index (κ2) is 4.84. The van der Waals surface area contributed by atoms with E-state index in [1.165, 1.54) is 18.2 Å². The number of carbonyl (C=O) groups is 1. The van der Waals surface area contributed by atoms with Crippen molar-refractivity contribution in [2.75, 3.05) is 6.61 Å². The second-order valence-corrected chi connectivity index (χ2v) is 3.90. The zero-order valence-electron chi connectivity index (χ0n) is 8.94. The third-order valence-electron chi connectivity index (χ3n) is 3.04. The zero-order valence-corrected chi connectivity index (χ0v) is 10.9. The average molecular weight is 232 g/mol. The van der Waals surface area contributed by atoms with Crippen LogP contribution < -0.4 is 34.7 Å². The summed E-state index contributed by atoms with van der Waals surface area (Å²) in [5.41, 5.74) is -0.305. The molecule has 80 valence electrons. The van der Waals surface area contributed by atoms with Gasteiger partial charge in [-0.2, -0.15) is 0 Å². The van der Waals surface area contributed by atoms with E-state index >= 15 is 0 Å². The maximum absolute atomic E-state index is 12.9. The van der Waals surface area contributed by atoms with Gasteiger partial charge in [0.1, 0.15) is 5.82 Å². The molecule has 0 amide bonds. The SMILES string of the molecule is O=C([O-])[C@@H]1C[C@@]1(CO)c1cccc(F)c1.[Na+]. The Hall–Kier alpha value is -0.420. The molecule has 1 N–H and O–H groups in total. The Morgan fingerprint density at radius 2 is 2.31 bits per heavy atom. The number of benzene rings is 1. The van der Waals surface area contributed by atoms with Gasteiger partial charge in [-0.15, -0.1) is 0 Å². The molecule has 3 nitrogen and oxygen atoms in total. The van der Waals surface area contributed by atoms with Crippen LogP contribution in [0.4, 0.5) is 4.39 Å². The van der Waals surface area contributed by atoms with Gasteiger partial charge in [0, 0.05) is 17.3 Å². The molecule has 1 fully saturated rings. The van der Waals surface area contributed by atoms with Crippen LogP contribution in [0, 0.1) is 11.7 Å². The van der Waals surface area contributed by atoms with E-state index in [4.69, 9.17) is 0 Å². The summed E-state index contributed by atoms with van der Waals surface area (Å²) in [6.45, 7) is -0.297. The number of carboxylic acids is 1. The summed E-state index contributed by atoms with van der Waals surface area (Å²) in [5, 5.41) is 19.9. The van der Waals surface area contributed by atoms with Crippen LogP contribution in [-0.4, -0.2) is 17.7 Å². The van der Waals surface area contributed by atoms with Crippen molar-refractivity contribution in [3.8, 4) is 0 Å². The molecule has 1 aromatic rings. The van der Waals surface area contributed by atoms with Crippen LogP contribution in [0.2, 0.25) is 0 Å². The van der Waals surface area contributed by atoms with Gasteiger partial charge in [0.05, 0.1) is 6.61 Å². The van der Waals surface area contributed by atoms with Crippen LogP contribution >= 0.6 is 0 Å². The first-order valence-corrected chi connectivity index (χ1v) is 4.68. The van der Waals surface area contributed by atoms with Crippen molar-refractivity contribution in [2.45, 2.75) is 11.8 Å². The minimum absolute atomic E-state index is 0. The van der Waals surface area contributed by atoms with Crippen molar-refractivity contribution < 1.29 is 49.0 Å². The molecule has 0 bridgehead atoms. The number of carboxylic acid groups (broad SMARTS) is 1. The smallest absolute Gasteiger partial charge is 0.550 e. The topological polar surface area (TPSA) is 60.4 Å². The number of hydrogen-bond donors (Lipinski definition) is 1. The summed E-state index contributed by atoms with van der Waals surface area (Å²) < 4.78 is 12.9. The predicted molar refractivity (Wildman–Crippen MR) is 48.3 cm³/mol. The Balaban J connectivity index is 0.00000128. The predicted octanol–water partition coefficient (Wildman–Crippen LogP) is -3.17. The van der Waals surface area contributed by atoms with E-state index in [1.54, 1.807) is 6.07 Å². The van der Waals surface area contributed by atoms with Crippen LogP contribution in [0.25, 0.3) is 0 Å². The van der Waals surface area contributed by atoms with Gasteiger partial charge >= 0.3 is 29.6 Å². The molecule has 0 saturated heterocycles. The number of hydrogen-bond acceptors (Lipinski definition) is 3. The number of aliphatic carboxylic acids is 1. The van der Waals surface area contributed by atoms with Gasteiger partial charge < -0.3 is 15.0 Å². The largest absolute Gasteiger partial charge is 1.00 e. The Bertz CT molecular complexity index is 410. The van der Waals surface area contributed by atoms with E-state index in [9.17, 15) is 19.4 Å². The Kier molecular flexibility index (Phi) is 4.12. The van der Waals surface area contributed by atoms with Gasteiger partial charge in [0.25, 0.3) is 0 Å². The fourth-order valence-electron chi connectivity index (χ4n) is 2.00.